The quantitative estimate of drug-likeness (QED) is 0.757. The molecule has 21 heavy (non-hydrogen) atoms. The Labute approximate surface area is 135 Å². The number of halogens is 1. The van der Waals surface area contributed by atoms with Crippen LogP contribution in [-0.4, -0.2) is 36.8 Å². The highest BCUT2D eigenvalue weighted by molar-refractivity contribution is 9.10. The zero-order valence-electron chi connectivity index (χ0n) is 11.8. The number of imide groups is 1. The fraction of sp³-hybridized carbons (Fsp3) is 0.286. The molecule has 0 radical (unpaired) electrons. The summed E-state index contributed by atoms with van der Waals surface area (Å²) in [5.74, 6) is 0.874. The number of carbonyl (C=O) groups excluding carboxylic acids is 2. The molecule has 5 nitrogen and oxygen atoms in total. The second-order valence-electron chi connectivity index (χ2n) is 4.15. The van der Waals surface area contributed by atoms with Crippen LogP contribution < -0.4 is 9.47 Å². The lowest BCUT2D eigenvalue weighted by molar-refractivity contribution is -0.122. The number of carbonyl (C=O) groups is 2. The van der Waals surface area contributed by atoms with E-state index in [1.165, 1.54) is 4.90 Å². The Morgan fingerprint density at radius 3 is 2.38 bits per heavy atom. The summed E-state index contributed by atoms with van der Waals surface area (Å²) in [7, 11) is 3.09. The molecular formula is C14H14BrNO4S. The second kappa shape index (κ2) is 6.53. The standard InChI is InChI=1S/C14H14BrNO4S/c1-4-16-13(17)12(21-14(16)18)6-8-5-10(19-2)11(20-3)7-9(8)15/h5-7H,4H2,1-3H3/b12-6-. The Balaban J connectivity index is 2.42. The van der Waals surface area contributed by atoms with Crippen molar-refractivity contribution in [1.82, 2.24) is 4.90 Å². The van der Waals surface area contributed by atoms with Crippen LogP contribution in [0.2, 0.25) is 0 Å². The normalized spacial score (nSPS) is 16.8. The van der Waals surface area contributed by atoms with Crippen LogP contribution in [0.4, 0.5) is 4.79 Å². The zero-order chi connectivity index (χ0) is 15.6. The van der Waals surface area contributed by atoms with Gasteiger partial charge < -0.3 is 9.47 Å². The number of nitrogens with zero attached hydrogens (tertiary/aromatic N) is 1. The van der Waals surface area contributed by atoms with Crippen molar-refractivity contribution in [2.75, 3.05) is 20.8 Å². The molecule has 1 aromatic carbocycles. The maximum absolute atomic E-state index is 12.1. The molecule has 1 saturated heterocycles. The Morgan fingerprint density at radius 1 is 1.24 bits per heavy atom. The van der Waals surface area contributed by atoms with Gasteiger partial charge in [0.25, 0.3) is 11.1 Å². The van der Waals surface area contributed by atoms with Gasteiger partial charge in [0.2, 0.25) is 0 Å². The van der Waals surface area contributed by atoms with E-state index < -0.39 is 0 Å². The summed E-state index contributed by atoms with van der Waals surface area (Å²) in [6, 6.07) is 3.51. The minimum Gasteiger partial charge on any atom is -0.493 e. The number of hydrogen-bond donors (Lipinski definition) is 0. The molecule has 1 heterocycles. The molecule has 0 bridgehead atoms. The lowest BCUT2D eigenvalue weighted by Gasteiger charge is -2.10. The third-order valence-corrected chi connectivity index (χ3v) is 4.57. The van der Waals surface area contributed by atoms with Crippen molar-refractivity contribution in [3.8, 4) is 11.5 Å². The summed E-state index contributed by atoms with van der Waals surface area (Å²) in [5, 5.41) is -0.245. The van der Waals surface area contributed by atoms with Crippen LogP contribution in [0.1, 0.15) is 12.5 Å². The van der Waals surface area contributed by atoms with Crippen LogP contribution in [0.25, 0.3) is 6.08 Å². The van der Waals surface area contributed by atoms with Gasteiger partial charge in [-0.25, -0.2) is 0 Å². The summed E-state index contributed by atoms with van der Waals surface area (Å²) in [5.41, 5.74) is 0.745. The van der Waals surface area contributed by atoms with E-state index in [9.17, 15) is 9.59 Å². The molecule has 0 N–H and O–H groups in total. The van der Waals surface area contributed by atoms with Gasteiger partial charge in [0.15, 0.2) is 11.5 Å². The topological polar surface area (TPSA) is 55.8 Å². The zero-order valence-corrected chi connectivity index (χ0v) is 14.2. The monoisotopic (exact) mass is 371 g/mol. The van der Waals surface area contributed by atoms with Crippen LogP contribution in [0, 0.1) is 0 Å². The molecule has 0 aliphatic carbocycles. The molecule has 1 aliphatic heterocycles. The third-order valence-electron chi connectivity index (χ3n) is 2.98. The minimum absolute atomic E-state index is 0.245. The van der Waals surface area contributed by atoms with Crippen LogP contribution >= 0.6 is 27.7 Å². The van der Waals surface area contributed by atoms with E-state index in [1.54, 1.807) is 39.4 Å². The summed E-state index contributed by atoms with van der Waals surface area (Å²) < 4.78 is 11.2. The van der Waals surface area contributed by atoms with Crippen molar-refractivity contribution in [1.29, 1.82) is 0 Å². The largest absolute Gasteiger partial charge is 0.493 e. The highest BCUT2D eigenvalue weighted by Crippen LogP contribution is 2.37. The predicted octanol–water partition coefficient (Wildman–Crippen LogP) is 3.52. The van der Waals surface area contributed by atoms with Gasteiger partial charge in [-0.05, 0) is 42.5 Å². The molecule has 2 amide bonds. The van der Waals surface area contributed by atoms with E-state index in [1.807, 2.05) is 0 Å². The fourth-order valence-electron chi connectivity index (χ4n) is 1.89. The highest BCUT2D eigenvalue weighted by atomic mass is 79.9. The van der Waals surface area contributed by atoms with E-state index in [0.717, 1.165) is 21.8 Å². The number of hydrogen-bond acceptors (Lipinski definition) is 5. The number of ether oxygens (including phenoxy) is 2. The van der Waals surface area contributed by atoms with Gasteiger partial charge in [-0.1, -0.05) is 15.9 Å². The fourth-order valence-corrected chi connectivity index (χ4v) is 3.22. The first-order chi connectivity index (χ1) is 10.0. The Hall–Kier alpha value is -1.47. The van der Waals surface area contributed by atoms with E-state index in [4.69, 9.17) is 9.47 Å². The van der Waals surface area contributed by atoms with Crippen molar-refractivity contribution >= 4 is 44.9 Å². The van der Waals surface area contributed by atoms with E-state index in [2.05, 4.69) is 15.9 Å². The molecule has 7 heteroatoms. The molecule has 0 atom stereocenters. The van der Waals surface area contributed by atoms with Gasteiger partial charge in [0, 0.05) is 11.0 Å². The molecule has 112 valence electrons. The average molecular weight is 372 g/mol. The van der Waals surface area contributed by atoms with Crippen molar-refractivity contribution in [2.45, 2.75) is 6.92 Å². The van der Waals surface area contributed by atoms with Crippen LogP contribution in [0.3, 0.4) is 0 Å². The average Bonchev–Trinajstić information content (AvgIpc) is 2.74. The lowest BCUT2D eigenvalue weighted by atomic mass is 10.2. The Morgan fingerprint density at radius 2 is 1.86 bits per heavy atom. The maximum Gasteiger partial charge on any atom is 0.293 e. The molecule has 0 spiro atoms. The van der Waals surface area contributed by atoms with Crippen LogP contribution in [-0.2, 0) is 4.79 Å². The van der Waals surface area contributed by atoms with Gasteiger partial charge in [-0.15, -0.1) is 0 Å². The first-order valence-electron chi connectivity index (χ1n) is 6.18. The number of rotatable bonds is 4. The highest BCUT2D eigenvalue weighted by Gasteiger charge is 2.33. The molecular weight excluding hydrogens is 358 g/mol. The number of benzene rings is 1. The summed E-state index contributed by atoms with van der Waals surface area (Å²) >= 11 is 4.37. The maximum atomic E-state index is 12.1. The number of likely N-dealkylation sites (N-methyl/N-ethyl adjacent to an activating group) is 1. The summed E-state index contributed by atoms with van der Waals surface area (Å²) in [6.07, 6.45) is 1.67. The molecule has 2 rings (SSSR count). The smallest absolute Gasteiger partial charge is 0.293 e. The summed E-state index contributed by atoms with van der Waals surface area (Å²) in [4.78, 5) is 25.4. The minimum atomic E-state index is -0.269. The van der Waals surface area contributed by atoms with E-state index in [-0.39, 0.29) is 11.1 Å². The summed E-state index contributed by atoms with van der Waals surface area (Å²) in [6.45, 7) is 2.14. The molecule has 0 aromatic heterocycles. The Bertz CT molecular complexity index is 630. The van der Waals surface area contributed by atoms with Crippen LogP contribution in [0.5, 0.6) is 11.5 Å². The second-order valence-corrected chi connectivity index (χ2v) is 6.00. The van der Waals surface area contributed by atoms with Gasteiger partial charge in [-0.3, -0.25) is 14.5 Å². The molecule has 1 aromatic rings. The SMILES string of the molecule is CCN1C(=O)S/C(=C\c2cc(OC)c(OC)cc2Br)C1=O. The molecule has 1 aliphatic rings. The molecule has 0 saturated carbocycles. The van der Waals surface area contributed by atoms with Gasteiger partial charge in [-0.2, -0.15) is 0 Å². The first kappa shape index (κ1) is 15.9. The molecule has 1 fully saturated rings. The van der Waals surface area contributed by atoms with Crippen molar-refractivity contribution < 1.29 is 19.1 Å². The van der Waals surface area contributed by atoms with Gasteiger partial charge >= 0.3 is 0 Å². The van der Waals surface area contributed by atoms with Crippen molar-refractivity contribution in [3.63, 3.8) is 0 Å². The predicted molar refractivity (Wildman–Crippen MR) is 85.6 cm³/mol. The Kier molecular flexibility index (Phi) is 4.95. The number of methoxy groups -OCH3 is 2. The van der Waals surface area contributed by atoms with E-state index in [0.29, 0.717) is 22.9 Å². The van der Waals surface area contributed by atoms with Gasteiger partial charge in [0.05, 0.1) is 19.1 Å². The number of thioether (sulfide) groups is 1. The van der Waals surface area contributed by atoms with E-state index >= 15 is 0 Å². The van der Waals surface area contributed by atoms with Crippen LogP contribution in [0.15, 0.2) is 21.5 Å². The van der Waals surface area contributed by atoms with Crippen molar-refractivity contribution in [3.05, 3.63) is 27.1 Å². The first-order valence-corrected chi connectivity index (χ1v) is 7.79. The van der Waals surface area contributed by atoms with Crippen molar-refractivity contribution in [2.24, 2.45) is 0 Å². The van der Waals surface area contributed by atoms with Gasteiger partial charge in [0.1, 0.15) is 0 Å². The molecule has 0 unspecified atom stereocenters. The lowest BCUT2D eigenvalue weighted by Crippen LogP contribution is -2.27. The number of amides is 2. The third kappa shape index (κ3) is 3.08.